The van der Waals surface area contributed by atoms with Crippen LogP contribution in [-0.2, 0) is 6.42 Å². The fraction of sp³-hybridized carbons (Fsp3) is 0.529. The van der Waals surface area contributed by atoms with Crippen molar-refractivity contribution in [2.24, 2.45) is 0 Å². The van der Waals surface area contributed by atoms with Crippen LogP contribution in [0.25, 0.3) is 0 Å². The molecular weight excluding hydrogens is 296 g/mol. The Balaban J connectivity index is 1.87. The summed E-state index contributed by atoms with van der Waals surface area (Å²) in [7, 11) is 0. The number of likely N-dealkylation sites (N-methyl/N-ethyl adjacent to an activating group) is 1. The number of hydrogen-bond donors (Lipinski definition) is 1. The summed E-state index contributed by atoms with van der Waals surface area (Å²) >= 11 is 3.71. The Bertz CT molecular complexity index is 465. The average Bonchev–Trinajstić information content (AvgIpc) is 3.18. The van der Waals surface area contributed by atoms with E-state index >= 15 is 0 Å². The fourth-order valence-electron chi connectivity index (χ4n) is 2.53. The maximum absolute atomic E-state index is 3.76. The van der Waals surface area contributed by atoms with Crippen molar-refractivity contribution in [2.45, 2.75) is 32.7 Å². The molecule has 2 rings (SSSR count). The summed E-state index contributed by atoms with van der Waals surface area (Å²) in [5.41, 5.74) is 0. The first-order valence-corrected chi connectivity index (χ1v) is 9.61. The van der Waals surface area contributed by atoms with Crippen molar-refractivity contribution in [1.29, 1.82) is 0 Å². The normalized spacial score (nSPS) is 12.9. The van der Waals surface area contributed by atoms with E-state index < -0.39 is 0 Å². The van der Waals surface area contributed by atoms with Gasteiger partial charge in [0.1, 0.15) is 0 Å². The molecule has 0 bridgehead atoms. The topological polar surface area (TPSA) is 15.3 Å². The van der Waals surface area contributed by atoms with E-state index in [9.17, 15) is 0 Å². The van der Waals surface area contributed by atoms with Gasteiger partial charge in [0.05, 0.1) is 0 Å². The molecular formula is C17H26N2S2. The Morgan fingerprint density at radius 1 is 1.10 bits per heavy atom. The van der Waals surface area contributed by atoms with E-state index in [0.29, 0.717) is 6.04 Å². The minimum absolute atomic E-state index is 0.448. The lowest BCUT2D eigenvalue weighted by Gasteiger charge is -2.22. The maximum Gasteiger partial charge on any atom is 0.0464 e. The molecule has 0 spiro atoms. The minimum atomic E-state index is 0.448. The van der Waals surface area contributed by atoms with Gasteiger partial charge in [-0.3, -0.25) is 0 Å². The van der Waals surface area contributed by atoms with Crippen molar-refractivity contribution in [2.75, 3.05) is 26.2 Å². The van der Waals surface area contributed by atoms with Crippen LogP contribution in [0, 0.1) is 0 Å². The van der Waals surface area contributed by atoms with Crippen molar-refractivity contribution in [1.82, 2.24) is 10.2 Å². The number of hydrogen-bond acceptors (Lipinski definition) is 4. The third-order valence-electron chi connectivity index (χ3n) is 3.68. The Kier molecular flexibility index (Phi) is 7.44. The summed E-state index contributed by atoms with van der Waals surface area (Å²) in [5.74, 6) is 0. The number of nitrogens with zero attached hydrogens (tertiary/aromatic N) is 1. The van der Waals surface area contributed by atoms with E-state index in [0.717, 1.165) is 26.1 Å². The number of thiophene rings is 2. The van der Waals surface area contributed by atoms with Gasteiger partial charge in [-0.2, -0.15) is 0 Å². The summed E-state index contributed by atoms with van der Waals surface area (Å²) in [6.45, 7) is 9.04. The zero-order valence-corrected chi connectivity index (χ0v) is 14.7. The molecule has 2 aromatic rings. The van der Waals surface area contributed by atoms with Gasteiger partial charge in [-0.1, -0.05) is 26.0 Å². The van der Waals surface area contributed by atoms with Crippen LogP contribution < -0.4 is 5.32 Å². The lowest BCUT2D eigenvalue weighted by Crippen LogP contribution is -2.34. The fourth-order valence-corrected chi connectivity index (χ4v) is 4.09. The summed E-state index contributed by atoms with van der Waals surface area (Å²) in [6.07, 6.45) is 2.33. The van der Waals surface area contributed by atoms with Crippen LogP contribution in [0.1, 0.15) is 36.1 Å². The molecule has 2 aromatic heterocycles. The molecule has 2 heterocycles. The highest BCUT2D eigenvalue weighted by molar-refractivity contribution is 7.10. The molecule has 0 amide bonds. The van der Waals surface area contributed by atoms with E-state index in [1.807, 2.05) is 22.7 Å². The average molecular weight is 323 g/mol. The van der Waals surface area contributed by atoms with Gasteiger partial charge in [0.25, 0.3) is 0 Å². The standard InChI is InChI=1S/C17H26N2S2/c1-3-10-19(4-2)11-9-18-16(17-8-6-13-21-17)14-15-7-5-12-20-15/h5-8,12-13,16,18H,3-4,9-11,14H2,1-2H3. The van der Waals surface area contributed by atoms with E-state index in [2.05, 4.69) is 59.1 Å². The van der Waals surface area contributed by atoms with E-state index in [-0.39, 0.29) is 0 Å². The Hall–Kier alpha value is -0.680. The predicted octanol–water partition coefficient (Wildman–Crippen LogP) is 4.41. The zero-order chi connectivity index (χ0) is 14.9. The first-order valence-electron chi connectivity index (χ1n) is 7.85. The van der Waals surface area contributed by atoms with Crippen LogP contribution in [0.15, 0.2) is 35.0 Å². The van der Waals surface area contributed by atoms with Gasteiger partial charge < -0.3 is 10.2 Å². The molecule has 116 valence electrons. The smallest absolute Gasteiger partial charge is 0.0464 e. The number of rotatable bonds is 10. The van der Waals surface area contributed by atoms with E-state index in [4.69, 9.17) is 0 Å². The van der Waals surface area contributed by atoms with E-state index in [1.165, 1.54) is 22.7 Å². The summed E-state index contributed by atoms with van der Waals surface area (Å²) in [4.78, 5) is 5.42. The van der Waals surface area contributed by atoms with Crippen molar-refractivity contribution in [3.05, 3.63) is 44.8 Å². The van der Waals surface area contributed by atoms with Crippen molar-refractivity contribution in [3.63, 3.8) is 0 Å². The molecule has 21 heavy (non-hydrogen) atoms. The molecule has 0 radical (unpaired) electrons. The van der Waals surface area contributed by atoms with Crippen LogP contribution in [-0.4, -0.2) is 31.1 Å². The van der Waals surface area contributed by atoms with Gasteiger partial charge in [-0.25, -0.2) is 0 Å². The van der Waals surface area contributed by atoms with Crippen molar-refractivity contribution in [3.8, 4) is 0 Å². The Morgan fingerprint density at radius 2 is 1.90 bits per heavy atom. The molecule has 0 aliphatic heterocycles. The van der Waals surface area contributed by atoms with Crippen LogP contribution in [0.4, 0.5) is 0 Å². The molecule has 0 aliphatic carbocycles. The largest absolute Gasteiger partial charge is 0.308 e. The van der Waals surface area contributed by atoms with Gasteiger partial charge in [0.15, 0.2) is 0 Å². The molecule has 0 saturated carbocycles. The third-order valence-corrected chi connectivity index (χ3v) is 5.56. The predicted molar refractivity (Wildman–Crippen MR) is 95.5 cm³/mol. The second-order valence-electron chi connectivity index (χ2n) is 5.24. The molecule has 0 fully saturated rings. The first kappa shape index (κ1) is 16.7. The van der Waals surface area contributed by atoms with Crippen molar-refractivity contribution < 1.29 is 0 Å². The summed E-state index contributed by atoms with van der Waals surface area (Å²) in [6, 6.07) is 9.23. The van der Waals surface area contributed by atoms with Gasteiger partial charge in [0, 0.05) is 35.3 Å². The third kappa shape index (κ3) is 5.55. The van der Waals surface area contributed by atoms with Gasteiger partial charge in [-0.05, 0) is 42.4 Å². The Labute approximate surface area is 136 Å². The van der Waals surface area contributed by atoms with E-state index in [1.54, 1.807) is 0 Å². The van der Waals surface area contributed by atoms with Crippen LogP contribution in [0.5, 0.6) is 0 Å². The minimum Gasteiger partial charge on any atom is -0.308 e. The lowest BCUT2D eigenvalue weighted by atomic mass is 10.1. The maximum atomic E-state index is 3.76. The second-order valence-corrected chi connectivity index (χ2v) is 7.25. The SMILES string of the molecule is CCCN(CC)CCNC(Cc1cccs1)c1cccs1. The van der Waals surface area contributed by atoms with Gasteiger partial charge in [0.2, 0.25) is 0 Å². The molecule has 1 N–H and O–H groups in total. The molecule has 0 aliphatic rings. The second kappa shape index (κ2) is 9.36. The summed E-state index contributed by atoms with van der Waals surface area (Å²) < 4.78 is 0. The Morgan fingerprint density at radius 3 is 2.52 bits per heavy atom. The molecule has 1 atom stereocenters. The molecule has 1 unspecified atom stereocenters. The monoisotopic (exact) mass is 322 g/mol. The molecule has 0 aromatic carbocycles. The molecule has 4 heteroatoms. The number of nitrogens with one attached hydrogen (secondary N) is 1. The van der Waals surface area contributed by atoms with Gasteiger partial charge in [-0.15, -0.1) is 22.7 Å². The van der Waals surface area contributed by atoms with Crippen LogP contribution >= 0.6 is 22.7 Å². The van der Waals surface area contributed by atoms with Crippen LogP contribution in [0.3, 0.4) is 0 Å². The zero-order valence-electron chi connectivity index (χ0n) is 13.0. The summed E-state index contributed by atoms with van der Waals surface area (Å²) in [5, 5.41) is 8.10. The molecule has 0 saturated heterocycles. The highest BCUT2D eigenvalue weighted by Crippen LogP contribution is 2.24. The van der Waals surface area contributed by atoms with Gasteiger partial charge >= 0.3 is 0 Å². The molecule has 2 nitrogen and oxygen atoms in total. The highest BCUT2D eigenvalue weighted by atomic mass is 32.1. The van der Waals surface area contributed by atoms with Crippen molar-refractivity contribution >= 4 is 22.7 Å². The lowest BCUT2D eigenvalue weighted by molar-refractivity contribution is 0.283. The van der Waals surface area contributed by atoms with Crippen LogP contribution in [0.2, 0.25) is 0 Å². The highest BCUT2D eigenvalue weighted by Gasteiger charge is 2.13. The quantitative estimate of drug-likeness (QED) is 0.697. The first-order chi connectivity index (χ1) is 10.3.